The van der Waals surface area contributed by atoms with Crippen LogP contribution in [0.25, 0.3) is 11.3 Å². The quantitative estimate of drug-likeness (QED) is 0.544. The van der Waals surface area contributed by atoms with Gasteiger partial charge in [-0.05, 0) is 54.9 Å². The summed E-state index contributed by atoms with van der Waals surface area (Å²) in [6, 6.07) is 7.28. The Balaban J connectivity index is 1.52. The Morgan fingerprint density at radius 1 is 1.21 bits per heavy atom. The first-order valence-electron chi connectivity index (χ1n) is 11.3. The molecule has 33 heavy (non-hydrogen) atoms. The van der Waals surface area contributed by atoms with E-state index in [1.54, 1.807) is 12.1 Å². The molecule has 0 spiro atoms. The molecule has 0 N–H and O–H groups in total. The van der Waals surface area contributed by atoms with Crippen LogP contribution in [0.15, 0.2) is 41.1 Å². The molecule has 2 aliphatic rings. The third kappa shape index (κ3) is 3.18. The summed E-state index contributed by atoms with van der Waals surface area (Å²) in [5, 5.41) is 12.7. The lowest BCUT2D eigenvalue weighted by Gasteiger charge is -2.41. The second kappa shape index (κ2) is 7.71. The molecule has 5 rings (SSSR count). The topological polar surface area (TPSA) is 72.1 Å². The average molecular weight is 453 g/mol. The summed E-state index contributed by atoms with van der Waals surface area (Å²) in [6.45, 7) is 7.43. The van der Waals surface area contributed by atoms with Crippen LogP contribution >= 0.6 is 0 Å². The van der Waals surface area contributed by atoms with Crippen molar-refractivity contribution in [3.63, 3.8) is 0 Å². The fourth-order valence-corrected chi connectivity index (χ4v) is 5.94. The van der Waals surface area contributed by atoms with Crippen LogP contribution < -0.4 is 0 Å². The Labute approximate surface area is 191 Å². The van der Waals surface area contributed by atoms with Gasteiger partial charge in [-0.2, -0.15) is 10.2 Å². The van der Waals surface area contributed by atoms with E-state index in [-0.39, 0.29) is 40.3 Å². The zero-order valence-electron chi connectivity index (χ0n) is 18.9. The second-order valence-corrected chi connectivity index (χ2v) is 9.60. The summed E-state index contributed by atoms with van der Waals surface area (Å²) >= 11 is 0. The molecule has 1 aromatic carbocycles. The lowest BCUT2D eigenvalue weighted by Crippen LogP contribution is -2.48. The van der Waals surface area contributed by atoms with Crippen LogP contribution in [-0.2, 0) is 16.6 Å². The maximum Gasteiger partial charge on any atom is 0.228 e. The molecule has 2 atom stereocenters. The monoisotopic (exact) mass is 452 g/mol. The SMILES string of the molecule is CCN(C[C@@]12CC[C@@H](c3cc(-c4c(F)cccc4F)nnc31)C2(C)C)C(=O)Cc1ccon1. The van der Waals surface area contributed by atoms with Crippen molar-refractivity contribution < 1.29 is 18.1 Å². The second-order valence-electron chi connectivity index (χ2n) is 9.60. The minimum absolute atomic E-state index is 0.0218. The van der Waals surface area contributed by atoms with Crippen LogP contribution in [0.5, 0.6) is 0 Å². The van der Waals surface area contributed by atoms with Crippen molar-refractivity contribution in [3.8, 4) is 11.3 Å². The lowest BCUT2D eigenvalue weighted by molar-refractivity contribution is -0.131. The summed E-state index contributed by atoms with van der Waals surface area (Å²) in [5.41, 5.74) is 1.93. The van der Waals surface area contributed by atoms with Crippen LogP contribution in [0.2, 0.25) is 0 Å². The molecule has 1 fully saturated rings. The highest BCUT2D eigenvalue weighted by Gasteiger charge is 2.64. The lowest BCUT2D eigenvalue weighted by atomic mass is 9.68. The average Bonchev–Trinajstić information content (AvgIpc) is 3.42. The predicted molar refractivity (Wildman–Crippen MR) is 117 cm³/mol. The van der Waals surface area contributed by atoms with Gasteiger partial charge in [0.15, 0.2) is 0 Å². The number of nitrogens with zero attached hydrogens (tertiary/aromatic N) is 4. The van der Waals surface area contributed by atoms with Gasteiger partial charge in [-0.1, -0.05) is 25.1 Å². The van der Waals surface area contributed by atoms with Crippen molar-refractivity contribution in [2.24, 2.45) is 5.41 Å². The van der Waals surface area contributed by atoms with Gasteiger partial charge in [0.1, 0.15) is 17.9 Å². The highest BCUT2D eigenvalue weighted by atomic mass is 19.1. The number of carbonyl (C=O) groups is 1. The molecule has 8 heteroatoms. The Hall–Kier alpha value is -3.16. The molecular weight excluding hydrogens is 426 g/mol. The standard InChI is InChI=1S/C25H26F2N4O2/c1-4-31(21(32)12-15-9-11-33-30-15)14-25-10-8-17(24(25,2)3)16-13-20(28-29-23(16)25)22-18(26)6-5-7-19(22)27/h5-7,9,11,13,17H,4,8,10,12,14H2,1-3H3/t17-,25-/m0/s1. The summed E-state index contributed by atoms with van der Waals surface area (Å²) in [5.74, 6) is -1.15. The molecule has 6 nitrogen and oxygen atoms in total. The Kier molecular flexibility index (Phi) is 5.06. The van der Waals surface area contributed by atoms with E-state index in [1.807, 2.05) is 11.8 Å². The maximum absolute atomic E-state index is 14.4. The first-order chi connectivity index (χ1) is 15.8. The number of amides is 1. The van der Waals surface area contributed by atoms with E-state index in [4.69, 9.17) is 4.52 Å². The molecule has 0 saturated heterocycles. The van der Waals surface area contributed by atoms with E-state index in [0.717, 1.165) is 24.1 Å². The molecule has 0 unspecified atom stereocenters. The highest BCUT2D eigenvalue weighted by molar-refractivity contribution is 5.78. The number of hydrogen-bond acceptors (Lipinski definition) is 5. The van der Waals surface area contributed by atoms with E-state index in [2.05, 4.69) is 29.2 Å². The van der Waals surface area contributed by atoms with E-state index >= 15 is 0 Å². The Morgan fingerprint density at radius 3 is 2.64 bits per heavy atom. The Bertz CT molecular complexity index is 1190. The van der Waals surface area contributed by atoms with Gasteiger partial charge in [-0.15, -0.1) is 0 Å². The molecule has 2 aliphatic carbocycles. The molecule has 0 radical (unpaired) electrons. The van der Waals surface area contributed by atoms with Gasteiger partial charge in [0.2, 0.25) is 5.91 Å². The molecule has 2 heterocycles. The van der Waals surface area contributed by atoms with E-state index in [1.165, 1.54) is 24.5 Å². The van der Waals surface area contributed by atoms with Crippen molar-refractivity contribution in [2.45, 2.75) is 51.4 Å². The van der Waals surface area contributed by atoms with Crippen LogP contribution in [0.1, 0.15) is 56.5 Å². The number of benzene rings is 1. The first-order valence-corrected chi connectivity index (χ1v) is 11.3. The summed E-state index contributed by atoms with van der Waals surface area (Å²) in [4.78, 5) is 14.9. The largest absolute Gasteiger partial charge is 0.364 e. The smallest absolute Gasteiger partial charge is 0.228 e. The molecule has 0 aliphatic heterocycles. The predicted octanol–water partition coefficient (Wildman–Crippen LogP) is 4.66. The number of hydrogen-bond donors (Lipinski definition) is 0. The first kappa shape index (κ1) is 21.7. The van der Waals surface area contributed by atoms with Crippen molar-refractivity contribution in [2.75, 3.05) is 13.1 Å². The van der Waals surface area contributed by atoms with Crippen LogP contribution in [0.3, 0.4) is 0 Å². The summed E-state index contributed by atoms with van der Waals surface area (Å²) in [7, 11) is 0. The number of halogens is 2. The molecule has 2 aromatic heterocycles. The van der Waals surface area contributed by atoms with Crippen LogP contribution in [0.4, 0.5) is 8.78 Å². The van der Waals surface area contributed by atoms with Gasteiger partial charge in [-0.25, -0.2) is 8.78 Å². The minimum Gasteiger partial charge on any atom is -0.364 e. The number of rotatable bonds is 6. The van der Waals surface area contributed by atoms with Crippen molar-refractivity contribution >= 4 is 5.91 Å². The van der Waals surface area contributed by atoms with Crippen molar-refractivity contribution in [3.05, 3.63) is 65.2 Å². The molecule has 1 saturated carbocycles. The molecule has 2 bridgehead atoms. The normalized spacial score (nSPS) is 22.4. The van der Waals surface area contributed by atoms with E-state index in [0.29, 0.717) is 18.8 Å². The minimum atomic E-state index is -0.656. The molecule has 172 valence electrons. The van der Waals surface area contributed by atoms with Gasteiger partial charge in [0, 0.05) is 24.6 Å². The molecular formula is C25H26F2N4O2. The van der Waals surface area contributed by atoms with Crippen molar-refractivity contribution in [1.29, 1.82) is 0 Å². The van der Waals surface area contributed by atoms with Gasteiger partial charge >= 0.3 is 0 Å². The van der Waals surface area contributed by atoms with Gasteiger partial charge in [0.05, 0.1) is 29.1 Å². The molecule has 3 aromatic rings. The zero-order valence-corrected chi connectivity index (χ0v) is 18.9. The van der Waals surface area contributed by atoms with Crippen molar-refractivity contribution in [1.82, 2.24) is 20.3 Å². The van der Waals surface area contributed by atoms with E-state index in [9.17, 15) is 13.6 Å². The van der Waals surface area contributed by atoms with Crippen LogP contribution in [-0.4, -0.2) is 39.3 Å². The van der Waals surface area contributed by atoms with Gasteiger partial charge < -0.3 is 9.42 Å². The maximum atomic E-state index is 14.4. The number of fused-ring (bicyclic) bond motifs is 5. The van der Waals surface area contributed by atoms with E-state index < -0.39 is 11.6 Å². The fraction of sp³-hybridized carbons (Fsp3) is 0.440. The van der Waals surface area contributed by atoms with Gasteiger partial charge in [-0.3, -0.25) is 4.79 Å². The van der Waals surface area contributed by atoms with Crippen LogP contribution in [0, 0.1) is 17.0 Å². The number of likely N-dealkylation sites (N-methyl/N-ethyl adjacent to an activating group) is 1. The number of aromatic nitrogens is 3. The molecule has 1 amide bonds. The fourth-order valence-electron chi connectivity index (χ4n) is 5.94. The Morgan fingerprint density at radius 2 is 1.97 bits per heavy atom. The summed E-state index contributed by atoms with van der Waals surface area (Å²) in [6.07, 6.45) is 3.45. The third-order valence-corrected chi connectivity index (χ3v) is 7.85. The number of carbonyl (C=O) groups excluding carboxylic acids is 1. The highest BCUT2D eigenvalue weighted by Crippen LogP contribution is 2.67. The zero-order chi connectivity index (χ0) is 23.4. The third-order valence-electron chi connectivity index (χ3n) is 7.85. The van der Waals surface area contributed by atoms with Gasteiger partial charge in [0.25, 0.3) is 0 Å². The summed E-state index contributed by atoms with van der Waals surface area (Å²) < 4.78 is 33.7.